The van der Waals surface area contributed by atoms with Crippen molar-refractivity contribution < 1.29 is 4.74 Å². The Morgan fingerprint density at radius 1 is 1.03 bits per heavy atom. The molecule has 0 saturated carbocycles. The number of aromatic nitrogens is 4. The first-order valence-electron chi connectivity index (χ1n) is 9.14. The number of fused-ring (bicyclic) bond motifs is 1. The Balaban J connectivity index is 1.95. The molecule has 0 aliphatic carbocycles. The van der Waals surface area contributed by atoms with Gasteiger partial charge in [0.25, 0.3) is 0 Å². The van der Waals surface area contributed by atoms with Gasteiger partial charge in [-0.1, -0.05) is 59.6 Å². The molecule has 4 rings (SSSR count). The third-order valence-electron chi connectivity index (χ3n) is 4.52. The molecular formula is C22H17Cl3N4O. The van der Waals surface area contributed by atoms with Crippen molar-refractivity contribution in [3.63, 3.8) is 0 Å². The Labute approximate surface area is 188 Å². The lowest BCUT2D eigenvalue weighted by Crippen LogP contribution is -2.05. The molecule has 0 amide bonds. The Bertz CT molecular complexity index is 1240. The van der Waals surface area contributed by atoms with Gasteiger partial charge in [-0.05, 0) is 48.4 Å². The fourth-order valence-electron chi connectivity index (χ4n) is 3.19. The van der Waals surface area contributed by atoms with Crippen LogP contribution in [0.1, 0.15) is 11.1 Å². The van der Waals surface area contributed by atoms with E-state index >= 15 is 0 Å². The second-order valence-corrected chi connectivity index (χ2v) is 7.84. The largest absolute Gasteiger partial charge is 0.489 e. The number of benzene rings is 2. The fourth-order valence-corrected chi connectivity index (χ4v) is 3.79. The molecule has 30 heavy (non-hydrogen) atoms. The van der Waals surface area contributed by atoms with E-state index < -0.39 is 0 Å². The molecule has 0 radical (unpaired) electrons. The molecular weight excluding hydrogens is 443 g/mol. The summed E-state index contributed by atoms with van der Waals surface area (Å²) in [4.78, 5) is 13.1. The minimum Gasteiger partial charge on any atom is -0.489 e. The number of rotatable bonds is 6. The van der Waals surface area contributed by atoms with Crippen LogP contribution in [0.25, 0.3) is 22.6 Å². The maximum atomic E-state index is 6.45. The third-order valence-corrected chi connectivity index (χ3v) is 5.20. The Morgan fingerprint density at radius 2 is 1.80 bits per heavy atom. The number of ether oxygens (including phenoxy) is 1. The zero-order valence-corrected chi connectivity index (χ0v) is 18.3. The Kier molecular flexibility index (Phi) is 5.95. The van der Waals surface area contributed by atoms with Crippen molar-refractivity contribution in [2.45, 2.75) is 13.5 Å². The summed E-state index contributed by atoms with van der Waals surface area (Å²) in [7, 11) is 0. The van der Waals surface area contributed by atoms with Crippen LogP contribution in [0, 0.1) is 6.92 Å². The van der Waals surface area contributed by atoms with Gasteiger partial charge < -0.3 is 9.30 Å². The summed E-state index contributed by atoms with van der Waals surface area (Å²) in [5, 5.41) is 0.947. The fraction of sp³-hybridized carbons (Fsp3) is 0.136. The molecule has 0 fully saturated rings. The normalized spacial score (nSPS) is 11.1. The van der Waals surface area contributed by atoms with Crippen LogP contribution < -0.4 is 4.74 Å². The maximum absolute atomic E-state index is 6.45. The van der Waals surface area contributed by atoms with Gasteiger partial charge in [-0.3, -0.25) is 0 Å². The zero-order chi connectivity index (χ0) is 21.3. The van der Waals surface area contributed by atoms with Crippen molar-refractivity contribution in [3.05, 3.63) is 81.7 Å². The second kappa shape index (κ2) is 8.64. The summed E-state index contributed by atoms with van der Waals surface area (Å²) in [5.74, 6) is 1.34. The number of halogens is 3. The van der Waals surface area contributed by atoms with Crippen molar-refractivity contribution in [3.8, 4) is 17.1 Å². The lowest BCUT2D eigenvalue weighted by molar-refractivity contribution is 0.364. The van der Waals surface area contributed by atoms with Crippen LogP contribution in [-0.2, 0) is 6.54 Å². The highest BCUT2D eigenvalue weighted by molar-refractivity contribution is 6.35. The number of imidazole rings is 1. The SMILES string of the molecule is C=CCOc1ccc(C)cc1-c1nc2nc(Cl)nc(Cl)c2n1Cc1ccc(Cl)cc1. The van der Waals surface area contributed by atoms with Crippen LogP contribution in [0.4, 0.5) is 0 Å². The Hall–Kier alpha value is -2.60. The summed E-state index contributed by atoms with van der Waals surface area (Å²) in [6.07, 6.45) is 1.70. The quantitative estimate of drug-likeness (QED) is 0.191. The highest BCUT2D eigenvalue weighted by Gasteiger charge is 2.21. The zero-order valence-electron chi connectivity index (χ0n) is 16.1. The van der Waals surface area contributed by atoms with Crippen LogP contribution in [0.2, 0.25) is 15.5 Å². The molecule has 0 atom stereocenters. The van der Waals surface area contributed by atoms with Gasteiger partial charge in [0.2, 0.25) is 5.28 Å². The number of aryl methyl sites for hydroxylation is 1. The summed E-state index contributed by atoms with van der Waals surface area (Å²) < 4.78 is 7.85. The predicted molar refractivity (Wildman–Crippen MR) is 122 cm³/mol. The van der Waals surface area contributed by atoms with Crippen molar-refractivity contribution in [1.82, 2.24) is 19.5 Å². The lowest BCUT2D eigenvalue weighted by Gasteiger charge is -2.14. The molecule has 0 spiro atoms. The third kappa shape index (κ3) is 4.15. The molecule has 5 nitrogen and oxygen atoms in total. The molecule has 0 N–H and O–H groups in total. The minimum atomic E-state index is 0.0440. The molecule has 2 aromatic carbocycles. The molecule has 0 bridgehead atoms. The van der Waals surface area contributed by atoms with Crippen LogP contribution in [0.15, 0.2) is 55.1 Å². The van der Waals surface area contributed by atoms with E-state index in [0.717, 1.165) is 16.7 Å². The number of hydrogen-bond acceptors (Lipinski definition) is 4. The molecule has 2 aromatic heterocycles. The molecule has 4 aromatic rings. The van der Waals surface area contributed by atoms with Crippen LogP contribution in [-0.4, -0.2) is 26.1 Å². The molecule has 8 heteroatoms. The van der Waals surface area contributed by atoms with Crippen molar-refractivity contribution in [2.24, 2.45) is 0 Å². The van der Waals surface area contributed by atoms with Gasteiger partial charge in [0.15, 0.2) is 10.8 Å². The molecule has 0 aliphatic heterocycles. The second-order valence-electron chi connectivity index (χ2n) is 6.70. The molecule has 0 aliphatic rings. The average molecular weight is 460 g/mol. The van der Waals surface area contributed by atoms with Gasteiger partial charge in [-0.25, -0.2) is 9.97 Å². The van der Waals surface area contributed by atoms with Crippen molar-refractivity contribution in [1.29, 1.82) is 0 Å². The molecule has 0 unspecified atom stereocenters. The summed E-state index contributed by atoms with van der Waals surface area (Å²) in [6, 6.07) is 13.5. The van der Waals surface area contributed by atoms with Crippen LogP contribution >= 0.6 is 34.8 Å². The van der Waals surface area contributed by atoms with E-state index in [1.54, 1.807) is 6.08 Å². The van der Waals surface area contributed by atoms with E-state index in [4.69, 9.17) is 44.5 Å². The highest BCUT2D eigenvalue weighted by atomic mass is 35.5. The monoisotopic (exact) mass is 458 g/mol. The van der Waals surface area contributed by atoms with E-state index in [9.17, 15) is 0 Å². The smallest absolute Gasteiger partial charge is 0.225 e. The van der Waals surface area contributed by atoms with Gasteiger partial charge >= 0.3 is 0 Å². The van der Waals surface area contributed by atoms with Crippen molar-refractivity contribution >= 4 is 46.0 Å². The topological polar surface area (TPSA) is 52.8 Å². The number of hydrogen-bond donors (Lipinski definition) is 0. The summed E-state index contributed by atoms with van der Waals surface area (Å²) >= 11 is 18.5. The van der Waals surface area contributed by atoms with Gasteiger partial charge in [-0.2, -0.15) is 4.98 Å². The first kappa shape index (κ1) is 20.7. The van der Waals surface area contributed by atoms with Gasteiger partial charge in [0, 0.05) is 11.6 Å². The first-order chi connectivity index (χ1) is 14.5. The van der Waals surface area contributed by atoms with Gasteiger partial charge in [0.1, 0.15) is 23.7 Å². The van der Waals surface area contributed by atoms with E-state index in [1.807, 2.05) is 54.0 Å². The van der Waals surface area contributed by atoms with Crippen LogP contribution in [0.3, 0.4) is 0 Å². The predicted octanol–water partition coefficient (Wildman–Crippen LogP) is 6.38. The van der Waals surface area contributed by atoms with Crippen molar-refractivity contribution in [2.75, 3.05) is 6.61 Å². The lowest BCUT2D eigenvalue weighted by atomic mass is 10.1. The standard InChI is InChI=1S/C22H17Cl3N4O/c1-3-10-30-17-9-4-13(2)11-16(17)21-27-20-18(19(24)26-22(25)28-20)29(21)12-14-5-7-15(23)8-6-14/h3-9,11H,1,10,12H2,2H3. The summed E-state index contributed by atoms with van der Waals surface area (Å²) in [5.41, 5.74) is 3.92. The average Bonchev–Trinajstić information content (AvgIpc) is 3.06. The highest BCUT2D eigenvalue weighted by Crippen LogP contribution is 2.35. The molecule has 0 saturated heterocycles. The van der Waals surface area contributed by atoms with Gasteiger partial charge in [-0.15, -0.1) is 0 Å². The minimum absolute atomic E-state index is 0.0440. The van der Waals surface area contributed by atoms with Crippen LogP contribution in [0.5, 0.6) is 5.75 Å². The van der Waals surface area contributed by atoms with E-state index in [1.165, 1.54) is 0 Å². The Morgan fingerprint density at radius 3 is 2.53 bits per heavy atom. The number of nitrogens with zero attached hydrogens (tertiary/aromatic N) is 4. The first-order valence-corrected chi connectivity index (χ1v) is 10.3. The maximum Gasteiger partial charge on any atom is 0.225 e. The molecule has 152 valence electrons. The van der Waals surface area contributed by atoms with E-state index in [0.29, 0.717) is 40.9 Å². The summed E-state index contributed by atoms with van der Waals surface area (Å²) in [6.45, 7) is 6.60. The molecule has 2 heterocycles. The van der Waals surface area contributed by atoms with E-state index in [-0.39, 0.29) is 10.4 Å². The van der Waals surface area contributed by atoms with E-state index in [2.05, 4.69) is 16.5 Å². The van der Waals surface area contributed by atoms with Gasteiger partial charge in [0.05, 0.1) is 5.56 Å².